The van der Waals surface area contributed by atoms with Crippen LogP contribution >= 0.6 is 0 Å². The summed E-state index contributed by atoms with van der Waals surface area (Å²) in [6, 6.07) is 11.1. The molecule has 5 heteroatoms. The van der Waals surface area contributed by atoms with Crippen LogP contribution in [-0.4, -0.2) is 33.6 Å². The summed E-state index contributed by atoms with van der Waals surface area (Å²) in [5, 5.41) is 38.2. The normalized spacial score (nSPS) is 13.4. The summed E-state index contributed by atoms with van der Waals surface area (Å²) in [6.07, 6.45) is 0.998. The van der Waals surface area contributed by atoms with Crippen molar-refractivity contribution in [3.63, 3.8) is 0 Å². The molecule has 0 aliphatic rings. The molecule has 2 unspecified atom stereocenters. The molecule has 2 atom stereocenters. The lowest BCUT2D eigenvalue weighted by atomic mass is 9.99. The molecule has 0 fully saturated rings. The van der Waals surface area contributed by atoms with Crippen molar-refractivity contribution in [1.82, 2.24) is 0 Å². The van der Waals surface area contributed by atoms with E-state index in [2.05, 4.69) is 0 Å². The van der Waals surface area contributed by atoms with Gasteiger partial charge in [-0.2, -0.15) is 0 Å². The first kappa shape index (κ1) is 21.4. The van der Waals surface area contributed by atoms with Crippen molar-refractivity contribution in [2.24, 2.45) is 0 Å². The molecule has 0 aliphatic heterocycles. The Morgan fingerprint density at radius 2 is 1.15 bits per heavy atom. The standard InChI is InChI=1S/C22H30O5/c1-15-13-17(7-9-19(15)21(25)5-3-11-23)27-18-8-10-20(16(2)14-18)22(26)6-4-12-24/h7-10,13-14,21-26H,3-6,11-12H2,1-2H3. The largest absolute Gasteiger partial charge is 0.457 e. The average molecular weight is 374 g/mol. The third kappa shape index (κ3) is 6.04. The molecule has 148 valence electrons. The lowest BCUT2D eigenvalue weighted by molar-refractivity contribution is 0.151. The van der Waals surface area contributed by atoms with E-state index >= 15 is 0 Å². The molecule has 0 bridgehead atoms. The first-order valence-corrected chi connectivity index (χ1v) is 9.43. The van der Waals surface area contributed by atoms with Gasteiger partial charge in [-0.25, -0.2) is 0 Å². The Hall–Kier alpha value is -1.92. The Bertz CT molecular complexity index is 667. The van der Waals surface area contributed by atoms with Crippen molar-refractivity contribution in [2.75, 3.05) is 13.2 Å². The van der Waals surface area contributed by atoms with Gasteiger partial charge in [0.1, 0.15) is 11.5 Å². The van der Waals surface area contributed by atoms with Crippen LogP contribution in [0.15, 0.2) is 36.4 Å². The van der Waals surface area contributed by atoms with Gasteiger partial charge in [0.2, 0.25) is 0 Å². The van der Waals surface area contributed by atoms with Crippen LogP contribution < -0.4 is 4.74 Å². The molecule has 5 nitrogen and oxygen atoms in total. The Morgan fingerprint density at radius 3 is 1.48 bits per heavy atom. The molecular weight excluding hydrogens is 344 g/mol. The lowest BCUT2D eigenvalue weighted by Crippen LogP contribution is -2.02. The van der Waals surface area contributed by atoms with Gasteiger partial charge in [0, 0.05) is 13.2 Å². The van der Waals surface area contributed by atoms with Gasteiger partial charge in [-0.05, 0) is 86.1 Å². The minimum absolute atomic E-state index is 0.0708. The zero-order valence-corrected chi connectivity index (χ0v) is 16.1. The molecule has 0 heterocycles. The third-order valence-corrected chi connectivity index (χ3v) is 4.71. The first-order valence-electron chi connectivity index (χ1n) is 9.43. The Kier molecular flexibility index (Phi) is 8.25. The van der Waals surface area contributed by atoms with Gasteiger partial charge in [-0.15, -0.1) is 0 Å². The summed E-state index contributed by atoms with van der Waals surface area (Å²) in [6.45, 7) is 4.00. The summed E-state index contributed by atoms with van der Waals surface area (Å²) >= 11 is 0. The van der Waals surface area contributed by atoms with Crippen LogP contribution in [0, 0.1) is 13.8 Å². The van der Waals surface area contributed by atoms with Crippen LogP contribution in [0.25, 0.3) is 0 Å². The second-order valence-corrected chi connectivity index (χ2v) is 6.90. The highest BCUT2D eigenvalue weighted by Crippen LogP contribution is 2.30. The SMILES string of the molecule is Cc1cc(Oc2ccc(C(O)CCCO)c(C)c2)ccc1C(O)CCCO. The number of benzene rings is 2. The lowest BCUT2D eigenvalue weighted by Gasteiger charge is -2.16. The predicted molar refractivity (Wildman–Crippen MR) is 105 cm³/mol. The fraction of sp³-hybridized carbons (Fsp3) is 0.455. The Labute approximate surface area is 160 Å². The van der Waals surface area contributed by atoms with E-state index in [-0.39, 0.29) is 13.2 Å². The summed E-state index contributed by atoms with van der Waals surface area (Å²) in [7, 11) is 0. The van der Waals surface area contributed by atoms with Crippen LogP contribution in [0.4, 0.5) is 0 Å². The van der Waals surface area contributed by atoms with Gasteiger partial charge in [-0.1, -0.05) is 12.1 Å². The number of aliphatic hydroxyl groups is 4. The number of rotatable bonds is 10. The van der Waals surface area contributed by atoms with Gasteiger partial charge in [-0.3, -0.25) is 0 Å². The number of hydrogen-bond acceptors (Lipinski definition) is 5. The maximum atomic E-state index is 10.2. The molecule has 0 aliphatic carbocycles. The number of hydrogen-bond donors (Lipinski definition) is 4. The smallest absolute Gasteiger partial charge is 0.127 e. The van der Waals surface area contributed by atoms with Crippen LogP contribution in [0.3, 0.4) is 0 Å². The Balaban J connectivity index is 2.08. The van der Waals surface area contributed by atoms with Crippen LogP contribution in [-0.2, 0) is 0 Å². The van der Waals surface area contributed by atoms with Crippen LogP contribution in [0.2, 0.25) is 0 Å². The second-order valence-electron chi connectivity index (χ2n) is 6.90. The number of ether oxygens (including phenoxy) is 1. The van der Waals surface area contributed by atoms with E-state index in [4.69, 9.17) is 14.9 Å². The molecular formula is C22H30O5. The van der Waals surface area contributed by atoms with E-state index in [0.29, 0.717) is 37.2 Å². The summed E-state index contributed by atoms with van der Waals surface area (Å²) in [5.41, 5.74) is 3.56. The number of aryl methyl sites for hydroxylation is 2. The first-order chi connectivity index (χ1) is 13.0. The van der Waals surface area contributed by atoms with E-state index in [1.807, 2.05) is 50.2 Å². The molecule has 0 amide bonds. The van der Waals surface area contributed by atoms with Crippen LogP contribution in [0.1, 0.15) is 60.1 Å². The van der Waals surface area contributed by atoms with Crippen molar-refractivity contribution < 1.29 is 25.2 Å². The maximum Gasteiger partial charge on any atom is 0.127 e. The monoisotopic (exact) mass is 374 g/mol. The predicted octanol–water partition coefficient (Wildman–Crippen LogP) is 3.71. The highest BCUT2D eigenvalue weighted by atomic mass is 16.5. The highest BCUT2D eigenvalue weighted by molar-refractivity contribution is 5.41. The average Bonchev–Trinajstić information content (AvgIpc) is 2.64. The van der Waals surface area contributed by atoms with E-state index in [1.165, 1.54) is 0 Å². The zero-order valence-electron chi connectivity index (χ0n) is 16.1. The molecule has 0 saturated carbocycles. The molecule has 0 spiro atoms. The third-order valence-electron chi connectivity index (χ3n) is 4.71. The van der Waals surface area contributed by atoms with E-state index in [0.717, 1.165) is 22.3 Å². The second kappa shape index (κ2) is 10.4. The molecule has 4 N–H and O–H groups in total. The minimum atomic E-state index is -0.590. The molecule has 27 heavy (non-hydrogen) atoms. The van der Waals surface area contributed by atoms with Gasteiger partial charge in [0.25, 0.3) is 0 Å². The molecule has 2 aromatic rings. The molecule has 2 rings (SSSR count). The Morgan fingerprint density at radius 1 is 0.741 bits per heavy atom. The highest BCUT2D eigenvalue weighted by Gasteiger charge is 2.13. The summed E-state index contributed by atoms with van der Waals surface area (Å²) in [5.74, 6) is 1.36. The van der Waals surface area contributed by atoms with Gasteiger partial charge in [0.15, 0.2) is 0 Å². The maximum absolute atomic E-state index is 10.2. The van der Waals surface area contributed by atoms with Crippen molar-refractivity contribution in [3.8, 4) is 11.5 Å². The van der Waals surface area contributed by atoms with E-state index in [1.54, 1.807) is 0 Å². The van der Waals surface area contributed by atoms with Crippen molar-refractivity contribution in [2.45, 2.75) is 51.7 Å². The molecule has 0 saturated heterocycles. The van der Waals surface area contributed by atoms with Crippen molar-refractivity contribution in [3.05, 3.63) is 58.7 Å². The molecule has 0 radical (unpaired) electrons. The van der Waals surface area contributed by atoms with Crippen molar-refractivity contribution >= 4 is 0 Å². The van der Waals surface area contributed by atoms with Gasteiger partial charge < -0.3 is 25.2 Å². The quantitative estimate of drug-likeness (QED) is 0.509. The summed E-state index contributed by atoms with van der Waals surface area (Å²) < 4.78 is 5.93. The number of aliphatic hydroxyl groups excluding tert-OH is 4. The van der Waals surface area contributed by atoms with Crippen molar-refractivity contribution in [1.29, 1.82) is 0 Å². The van der Waals surface area contributed by atoms with E-state index in [9.17, 15) is 10.2 Å². The molecule has 0 aromatic heterocycles. The van der Waals surface area contributed by atoms with Crippen LogP contribution in [0.5, 0.6) is 11.5 Å². The summed E-state index contributed by atoms with van der Waals surface area (Å²) in [4.78, 5) is 0. The van der Waals surface area contributed by atoms with Gasteiger partial charge in [0.05, 0.1) is 12.2 Å². The van der Waals surface area contributed by atoms with Gasteiger partial charge >= 0.3 is 0 Å². The minimum Gasteiger partial charge on any atom is -0.457 e. The fourth-order valence-corrected chi connectivity index (χ4v) is 3.19. The topological polar surface area (TPSA) is 90.2 Å². The zero-order chi connectivity index (χ0) is 19.8. The molecule has 2 aromatic carbocycles. The fourth-order valence-electron chi connectivity index (χ4n) is 3.19. The van der Waals surface area contributed by atoms with E-state index < -0.39 is 12.2 Å².